The molecule has 8 heteroatoms. The van der Waals surface area contributed by atoms with E-state index in [2.05, 4.69) is 41.8 Å². The third-order valence-corrected chi connectivity index (χ3v) is 6.55. The standard InChI is InChI=1S/C21H18BrN5OS/c1-13-10-17(15-3-2-14(22)11-18(15)25-13)21(28)27-7-5-26(6-8-27)19-16-4-9-29-20(16)24-12-23-19/h2-4,9-12H,5-8H2,1H3. The average molecular weight is 468 g/mol. The lowest BCUT2D eigenvalue weighted by molar-refractivity contribution is 0.0748. The number of nitrogens with zero attached hydrogens (tertiary/aromatic N) is 5. The zero-order valence-electron chi connectivity index (χ0n) is 15.8. The molecule has 0 aliphatic carbocycles. The van der Waals surface area contributed by atoms with Gasteiger partial charge in [-0.05, 0) is 36.6 Å². The van der Waals surface area contributed by atoms with E-state index in [4.69, 9.17) is 0 Å². The zero-order valence-corrected chi connectivity index (χ0v) is 18.2. The van der Waals surface area contributed by atoms with Crippen LogP contribution in [0, 0.1) is 6.92 Å². The first-order valence-corrected chi connectivity index (χ1v) is 11.1. The summed E-state index contributed by atoms with van der Waals surface area (Å²) < 4.78 is 0.958. The third-order valence-electron chi connectivity index (χ3n) is 5.24. The number of piperazine rings is 1. The van der Waals surface area contributed by atoms with Crippen molar-refractivity contribution in [3.8, 4) is 0 Å². The Hall–Kier alpha value is -2.58. The molecule has 0 unspecified atom stereocenters. The number of pyridine rings is 1. The van der Waals surface area contributed by atoms with Crippen LogP contribution in [0.15, 0.2) is 46.5 Å². The molecule has 146 valence electrons. The van der Waals surface area contributed by atoms with Crippen molar-refractivity contribution in [2.75, 3.05) is 31.1 Å². The Labute approximate surface area is 180 Å². The summed E-state index contributed by atoms with van der Waals surface area (Å²) in [6.07, 6.45) is 1.62. The Balaban J connectivity index is 1.39. The van der Waals surface area contributed by atoms with Gasteiger partial charge in [0.2, 0.25) is 0 Å². The van der Waals surface area contributed by atoms with Gasteiger partial charge in [-0.2, -0.15) is 0 Å². The minimum atomic E-state index is 0.0610. The van der Waals surface area contributed by atoms with Crippen LogP contribution >= 0.6 is 27.3 Å². The number of aryl methyl sites for hydroxylation is 1. The number of carbonyl (C=O) groups is 1. The van der Waals surface area contributed by atoms with Gasteiger partial charge in [0.1, 0.15) is 17.0 Å². The molecule has 3 aromatic heterocycles. The van der Waals surface area contributed by atoms with Crippen LogP contribution in [0.3, 0.4) is 0 Å². The predicted molar refractivity (Wildman–Crippen MR) is 120 cm³/mol. The van der Waals surface area contributed by atoms with E-state index in [1.54, 1.807) is 17.7 Å². The van der Waals surface area contributed by atoms with Gasteiger partial charge in [0, 0.05) is 41.7 Å². The molecule has 0 spiro atoms. The molecule has 0 saturated carbocycles. The van der Waals surface area contributed by atoms with Crippen molar-refractivity contribution in [3.63, 3.8) is 0 Å². The molecular weight excluding hydrogens is 450 g/mol. The Bertz CT molecular complexity index is 1230. The molecule has 0 bridgehead atoms. The molecule has 6 nitrogen and oxygen atoms in total. The summed E-state index contributed by atoms with van der Waals surface area (Å²) in [4.78, 5) is 31.9. The Kier molecular flexibility index (Phi) is 4.67. The van der Waals surface area contributed by atoms with Crippen LogP contribution in [0.5, 0.6) is 0 Å². The highest BCUT2D eigenvalue weighted by Gasteiger charge is 2.25. The van der Waals surface area contributed by atoms with E-state index in [-0.39, 0.29) is 5.91 Å². The van der Waals surface area contributed by atoms with E-state index in [1.165, 1.54) is 0 Å². The van der Waals surface area contributed by atoms with E-state index in [0.29, 0.717) is 13.1 Å². The molecule has 4 heterocycles. The fourth-order valence-electron chi connectivity index (χ4n) is 3.83. The maximum absolute atomic E-state index is 13.3. The number of aromatic nitrogens is 3. The van der Waals surface area contributed by atoms with Gasteiger partial charge >= 0.3 is 0 Å². The largest absolute Gasteiger partial charge is 0.352 e. The van der Waals surface area contributed by atoms with Crippen LogP contribution < -0.4 is 4.90 Å². The van der Waals surface area contributed by atoms with Gasteiger partial charge in [0.15, 0.2) is 0 Å². The lowest BCUT2D eigenvalue weighted by Crippen LogP contribution is -2.49. The van der Waals surface area contributed by atoms with Crippen molar-refractivity contribution >= 4 is 60.1 Å². The van der Waals surface area contributed by atoms with E-state index < -0.39 is 0 Å². The first kappa shape index (κ1) is 18.4. The lowest BCUT2D eigenvalue weighted by atomic mass is 10.1. The summed E-state index contributed by atoms with van der Waals surface area (Å²) in [5, 5.41) is 4.01. The van der Waals surface area contributed by atoms with Gasteiger partial charge in [0.25, 0.3) is 5.91 Å². The van der Waals surface area contributed by atoms with E-state index in [0.717, 1.165) is 55.8 Å². The first-order valence-electron chi connectivity index (χ1n) is 9.39. The second kappa shape index (κ2) is 7.35. The van der Waals surface area contributed by atoms with Crippen molar-refractivity contribution in [1.29, 1.82) is 0 Å². The van der Waals surface area contributed by atoms with Crippen LogP contribution in [-0.2, 0) is 0 Å². The molecule has 0 atom stereocenters. The highest BCUT2D eigenvalue weighted by molar-refractivity contribution is 9.10. The third kappa shape index (κ3) is 3.36. The number of benzene rings is 1. The molecule has 4 aromatic rings. The van der Waals surface area contributed by atoms with Gasteiger partial charge in [0.05, 0.1) is 16.5 Å². The predicted octanol–water partition coefficient (Wildman–Crippen LogP) is 4.27. The van der Waals surface area contributed by atoms with Crippen molar-refractivity contribution in [1.82, 2.24) is 19.9 Å². The van der Waals surface area contributed by atoms with E-state index in [1.807, 2.05) is 41.5 Å². The van der Waals surface area contributed by atoms with Crippen LogP contribution in [0.25, 0.3) is 21.1 Å². The number of thiophene rings is 1. The summed E-state index contributed by atoms with van der Waals surface area (Å²) in [7, 11) is 0. The molecule has 1 saturated heterocycles. The van der Waals surface area contributed by atoms with Gasteiger partial charge in [-0.3, -0.25) is 9.78 Å². The summed E-state index contributed by atoms with van der Waals surface area (Å²) in [5.74, 6) is 1.02. The first-order chi connectivity index (χ1) is 14.1. The van der Waals surface area contributed by atoms with Crippen molar-refractivity contribution in [2.24, 2.45) is 0 Å². The molecule has 1 amide bonds. The molecule has 0 N–H and O–H groups in total. The summed E-state index contributed by atoms with van der Waals surface area (Å²) in [5.41, 5.74) is 2.40. The molecule has 1 aliphatic rings. The smallest absolute Gasteiger partial charge is 0.254 e. The van der Waals surface area contributed by atoms with Crippen molar-refractivity contribution in [3.05, 3.63) is 57.8 Å². The Morgan fingerprint density at radius 2 is 1.90 bits per heavy atom. The SMILES string of the molecule is Cc1cc(C(=O)N2CCN(c3ncnc4sccc34)CC2)c2ccc(Br)cc2n1. The van der Waals surface area contributed by atoms with Crippen LogP contribution in [0.4, 0.5) is 5.82 Å². The molecule has 1 aliphatic heterocycles. The molecule has 1 aromatic carbocycles. The number of halogens is 1. The zero-order chi connectivity index (χ0) is 20.0. The van der Waals surface area contributed by atoms with Crippen LogP contribution in [0.2, 0.25) is 0 Å². The van der Waals surface area contributed by atoms with Gasteiger partial charge in [-0.25, -0.2) is 9.97 Å². The number of fused-ring (bicyclic) bond motifs is 2. The van der Waals surface area contributed by atoms with Gasteiger partial charge in [-0.15, -0.1) is 11.3 Å². The summed E-state index contributed by atoms with van der Waals surface area (Å²) in [6.45, 7) is 4.75. The summed E-state index contributed by atoms with van der Waals surface area (Å²) >= 11 is 5.11. The number of amides is 1. The molecule has 0 radical (unpaired) electrons. The molecular formula is C21H18BrN5OS. The van der Waals surface area contributed by atoms with Crippen LogP contribution in [0.1, 0.15) is 16.1 Å². The fraction of sp³-hybridized carbons (Fsp3) is 0.238. The number of rotatable bonds is 2. The topological polar surface area (TPSA) is 62.2 Å². The monoisotopic (exact) mass is 467 g/mol. The Morgan fingerprint density at radius 1 is 1.07 bits per heavy atom. The van der Waals surface area contributed by atoms with Gasteiger partial charge in [-0.1, -0.05) is 22.0 Å². The van der Waals surface area contributed by atoms with Gasteiger partial charge < -0.3 is 9.80 Å². The quantitative estimate of drug-likeness (QED) is 0.440. The molecule has 5 rings (SSSR count). The van der Waals surface area contributed by atoms with E-state index in [9.17, 15) is 4.79 Å². The van der Waals surface area contributed by atoms with Crippen molar-refractivity contribution in [2.45, 2.75) is 6.92 Å². The number of carbonyl (C=O) groups excluding carboxylic acids is 1. The molecule has 1 fully saturated rings. The second-order valence-corrected chi connectivity index (χ2v) is 8.90. The lowest BCUT2D eigenvalue weighted by Gasteiger charge is -2.35. The number of hydrogen-bond donors (Lipinski definition) is 0. The Morgan fingerprint density at radius 3 is 2.72 bits per heavy atom. The maximum Gasteiger partial charge on any atom is 0.254 e. The van der Waals surface area contributed by atoms with E-state index >= 15 is 0 Å². The number of hydrogen-bond acceptors (Lipinski definition) is 6. The number of anilines is 1. The van der Waals surface area contributed by atoms with Crippen molar-refractivity contribution < 1.29 is 4.79 Å². The minimum Gasteiger partial charge on any atom is -0.352 e. The normalized spacial score (nSPS) is 14.7. The summed E-state index contributed by atoms with van der Waals surface area (Å²) in [6, 6.07) is 9.83. The maximum atomic E-state index is 13.3. The minimum absolute atomic E-state index is 0.0610. The molecule has 29 heavy (non-hydrogen) atoms. The van der Waals surface area contributed by atoms with Crippen LogP contribution in [-0.4, -0.2) is 51.9 Å². The highest BCUT2D eigenvalue weighted by atomic mass is 79.9. The second-order valence-electron chi connectivity index (χ2n) is 7.09. The fourth-order valence-corrected chi connectivity index (χ4v) is 4.91. The average Bonchev–Trinajstić information content (AvgIpc) is 3.21. The highest BCUT2D eigenvalue weighted by Crippen LogP contribution is 2.28.